The number of benzene rings is 2. The number of nitrogens with two attached hydrogens (primary N) is 1. The Morgan fingerprint density at radius 3 is 2.52 bits per heavy atom. The summed E-state index contributed by atoms with van der Waals surface area (Å²) in [6.45, 7) is 0.419. The maximum atomic E-state index is 12.1. The van der Waals surface area contributed by atoms with Gasteiger partial charge in [-0.3, -0.25) is 4.79 Å². The molecule has 21 heavy (non-hydrogen) atoms. The number of aliphatic hydroxyl groups excluding tert-OH is 1. The van der Waals surface area contributed by atoms with Crippen LogP contribution in [0.15, 0.2) is 48.5 Å². The number of halogens is 1. The van der Waals surface area contributed by atoms with Crippen molar-refractivity contribution in [2.45, 2.75) is 12.6 Å². The summed E-state index contributed by atoms with van der Waals surface area (Å²) in [5.74, 6) is -0.246. The Morgan fingerprint density at radius 2 is 1.86 bits per heavy atom. The average molecular weight is 305 g/mol. The van der Waals surface area contributed by atoms with Crippen LogP contribution in [0.4, 0.5) is 0 Å². The Morgan fingerprint density at radius 1 is 1.19 bits per heavy atom. The lowest BCUT2D eigenvalue weighted by atomic mass is 10.1. The largest absolute Gasteiger partial charge is 0.387 e. The summed E-state index contributed by atoms with van der Waals surface area (Å²) in [5.41, 5.74) is 7.61. The SMILES string of the molecule is NCc1ccccc1C(=O)NCC(O)c1ccc(Cl)cc1. The van der Waals surface area contributed by atoms with E-state index in [1.54, 1.807) is 36.4 Å². The zero-order valence-electron chi connectivity index (χ0n) is 11.4. The van der Waals surface area contributed by atoms with Gasteiger partial charge in [-0.15, -0.1) is 0 Å². The van der Waals surface area contributed by atoms with Gasteiger partial charge < -0.3 is 16.2 Å². The van der Waals surface area contributed by atoms with Gasteiger partial charge in [-0.25, -0.2) is 0 Å². The molecular weight excluding hydrogens is 288 g/mol. The Balaban J connectivity index is 1.99. The van der Waals surface area contributed by atoms with Crippen LogP contribution in [0.5, 0.6) is 0 Å². The van der Waals surface area contributed by atoms with Gasteiger partial charge in [0.05, 0.1) is 6.10 Å². The van der Waals surface area contributed by atoms with Crippen molar-refractivity contribution in [1.82, 2.24) is 5.32 Å². The molecule has 0 heterocycles. The van der Waals surface area contributed by atoms with E-state index >= 15 is 0 Å². The molecule has 0 aromatic heterocycles. The van der Waals surface area contributed by atoms with E-state index in [1.807, 2.05) is 12.1 Å². The predicted octanol–water partition coefficient (Wildman–Crippen LogP) is 2.26. The van der Waals surface area contributed by atoms with E-state index in [2.05, 4.69) is 5.32 Å². The third-order valence-electron chi connectivity index (χ3n) is 3.19. The molecule has 2 aromatic carbocycles. The van der Waals surface area contributed by atoms with Gasteiger partial charge in [0.25, 0.3) is 5.91 Å². The molecule has 4 N–H and O–H groups in total. The zero-order chi connectivity index (χ0) is 15.2. The number of carbonyl (C=O) groups is 1. The minimum Gasteiger partial charge on any atom is -0.387 e. The highest BCUT2D eigenvalue weighted by Crippen LogP contribution is 2.16. The van der Waals surface area contributed by atoms with Crippen molar-refractivity contribution in [3.63, 3.8) is 0 Å². The molecule has 2 rings (SSSR count). The topological polar surface area (TPSA) is 75.4 Å². The Kier molecular flexibility index (Phi) is 5.33. The molecule has 0 aliphatic heterocycles. The molecule has 4 nitrogen and oxygen atoms in total. The van der Waals surface area contributed by atoms with Crippen molar-refractivity contribution < 1.29 is 9.90 Å². The van der Waals surface area contributed by atoms with Crippen LogP contribution in [-0.2, 0) is 6.54 Å². The number of amides is 1. The number of hydrogen-bond acceptors (Lipinski definition) is 3. The highest BCUT2D eigenvalue weighted by molar-refractivity contribution is 6.30. The first-order valence-electron chi connectivity index (χ1n) is 6.61. The van der Waals surface area contributed by atoms with Crippen LogP contribution in [0.3, 0.4) is 0 Å². The van der Waals surface area contributed by atoms with Gasteiger partial charge in [-0.05, 0) is 29.3 Å². The third-order valence-corrected chi connectivity index (χ3v) is 3.44. The highest BCUT2D eigenvalue weighted by atomic mass is 35.5. The summed E-state index contributed by atoms with van der Waals surface area (Å²) in [5, 5.41) is 13.4. The van der Waals surface area contributed by atoms with Gasteiger partial charge in [0.15, 0.2) is 0 Å². The fourth-order valence-corrected chi connectivity index (χ4v) is 2.13. The number of carbonyl (C=O) groups excluding carboxylic acids is 1. The first kappa shape index (κ1) is 15.5. The van der Waals surface area contributed by atoms with Crippen molar-refractivity contribution in [1.29, 1.82) is 0 Å². The minimum absolute atomic E-state index is 0.124. The first-order chi connectivity index (χ1) is 10.1. The van der Waals surface area contributed by atoms with Gasteiger partial charge >= 0.3 is 0 Å². The number of hydrogen-bond donors (Lipinski definition) is 3. The fraction of sp³-hybridized carbons (Fsp3) is 0.188. The Hall–Kier alpha value is -1.88. The molecule has 0 bridgehead atoms. The number of nitrogens with one attached hydrogen (secondary N) is 1. The molecule has 0 aliphatic rings. The van der Waals surface area contributed by atoms with Crippen LogP contribution in [0.1, 0.15) is 27.6 Å². The predicted molar refractivity (Wildman–Crippen MR) is 83.1 cm³/mol. The van der Waals surface area contributed by atoms with Crippen molar-refractivity contribution in [3.05, 3.63) is 70.2 Å². The molecule has 0 aliphatic carbocycles. The van der Waals surface area contributed by atoms with Gasteiger partial charge in [0, 0.05) is 23.7 Å². The Labute approximate surface area is 128 Å². The molecule has 110 valence electrons. The second-order valence-electron chi connectivity index (χ2n) is 4.64. The van der Waals surface area contributed by atoms with Crippen LogP contribution >= 0.6 is 11.6 Å². The standard InChI is InChI=1S/C16H17ClN2O2/c17-13-7-5-11(6-8-13)15(20)10-19-16(21)14-4-2-1-3-12(14)9-18/h1-8,15,20H,9-10,18H2,(H,19,21). The van der Waals surface area contributed by atoms with E-state index in [4.69, 9.17) is 17.3 Å². The summed E-state index contributed by atoms with van der Waals surface area (Å²) in [6, 6.07) is 14.0. The maximum absolute atomic E-state index is 12.1. The highest BCUT2D eigenvalue weighted by Gasteiger charge is 2.13. The quantitative estimate of drug-likeness (QED) is 0.793. The number of aliphatic hydroxyl groups is 1. The molecule has 5 heteroatoms. The Bertz CT molecular complexity index is 614. The summed E-state index contributed by atoms with van der Waals surface area (Å²) >= 11 is 5.79. The van der Waals surface area contributed by atoms with E-state index in [1.165, 1.54) is 0 Å². The molecule has 1 atom stereocenters. The van der Waals surface area contributed by atoms with E-state index in [0.29, 0.717) is 22.7 Å². The van der Waals surface area contributed by atoms with E-state index in [9.17, 15) is 9.90 Å². The summed E-state index contributed by atoms with van der Waals surface area (Å²) < 4.78 is 0. The molecular formula is C16H17ClN2O2. The van der Waals surface area contributed by atoms with Crippen molar-refractivity contribution in [3.8, 4) is 0 Å². The second kappa shape index (κ2) is 7.22. The molecule has 0 saturated carbocycles. The first-order valence-corrected chi connectivity index (χ1v) is 6.99. The lowest BCUT2D eigenvalue weighted by Crippen LogP contribution is -2.29. The number of rotatable bonds is 5. The minimum atomic E-state index is -0.781. The van der Waals surface area contributed by atoms with E-state index in [0.717, 1.165) is 5.56 Å². The molecule has 1 amide bonds. The molecule has 0 saturated heterocycles. The van der Waals surface area contributed by atoms with Crippen LogP contribution in [0.2, 0.25) is 5.02 Å². The maximum Gasteiger partial charge on any atom is 0.251 e. The van der Waals surface area contributed by atoms with Gasteiger partial charge in [0.2, 0.25) is 0 Å². The normalized spacial score (nSPS) is 12.0. The van der Waals surface area contributed by atoms with Crippen molar-refractivity contribution >= 4 is 17.5 Å². The molecule has 1 unspecified atom stereocenters. The second-order valence-corrected chi connectivity index (χ2v) is 5.08. The van der Waals surface area contributed by atoms with Gasteiger partial charge in [-0.1, -0.05) is 41.9 Å². The molecule has 2 aromatic rings. The smallest absolute Gasteiger partial charge is 0.251 e. The summed E-state index contributed by atoms with van der Waals surface area (Å²) in [7, 11) is 0. The van der Waals surface area contributed by atoms with Crippen molar-refractivity contribution in [2.75, 3.05) is 6.54 Å². The third kappa shape index (κ3) is 4.04. The molecule has 0 spiro atoms. The van der Waals surface area contributed by atoms with Gasteiger partial charge in [-0.2, -0.15) is 0 Å². The monoisotopic (exact) mass is 304 g/mol. The van der Waals surface area contributed by atoms with Crippen LogP contribution in [0.25, 0.3) is 0 Å². The molecule has 0 fully saturated rings. The summed E-state index contributed by atoms with van der Waals surface area (Å²) in [6.07, 6.45) is -0.781. The van der Waals surface area contributed by atoms with Crippen LogP contribution in [0, 0.1) is 0 Å². The lowest BCUT2D eigenvalue weighted by molar-refractivity contribution is 0.0915. The average Bonchev–Trinajstić information content (AvgIpc) is 2.52. The van der Waals surface area contributed by atoms with Crippen LogP contribution in [-0.4, -0.2) is 17.6 Å². The fourth-order valence-electron chi connectivity index (χ4n) is 2.01. The van der Waals surface area contributed by atoms with Gasteiger partial charge in [0.1, 0.15) is 0 Å². The van der Waals surface area contributed by atoms with Crippen molar-refractivity contribution in [2.24, 2.45) is 5.73 Å². The zero-order valence-corrected chi connectivity index (χ0v) is 12.2. The van der Waals surface area contributed by atoms with Crippen LogP contribution < -0.4 is 11.1 Å². The van der Waals surface area contributed by atoms with E-state index < -0.39 is 6.10 Å². The molecule has 0 radical (unpaired) electrons. The summed E-state index contributed by atoms with van der Waals surface area (Å²) in [4.78, 5) is 12.1. The van der Waals surface area contributed by atoms with E-state index in [-0.39, 0.29) is 12.5 Å². The lowest BCUT2D eigenvalue weighted by Gasteiger charge is -2.13.